The minimum Gasteiger partial charge on any atom is -0.397 e. The van der Waals surface area contributed by atoms with Crippen molar-refractivity contribution in [1.82, 2.24) is 4.90 Å². The minimum atomic E-state index is -0.310. The summed E-state index contributed by atoms with van der Waals surface area (Å²) in [7, 11) is 0. The summed E-state index contributed by atoms with van der Waals surface area (Å²) in [5.74, 6) is -0.226. The molecular formula is C23H30FN3O. The van der Waals surface area contributed by atoms with Crippen LogP contribution in [0.15, 0.2) is 61.7 Å². The molecule has 0 unspecified atom stereocenters. The third kappa shape index (κ3) is 6.50. The van der Waals surface area contributed by atoms with E-state index in [4.69, 9.17) is 5.73 Å². The minimum absolute atomic E-state index is 0.0844. The SMILES string of the molecule is C=C.Nc1ccccc1NC1CCN(CCCC(=O)c2ccc(F)cc2)CC1. The van der Waals surface area contributed by atoms with Gasteiger partial charge in [-0.3, -0.25) is 4.79 Å². The Kier molecular flexibility index (Phi) is 8.69. The zero-order chi connectivity index (χ0) is 20.4. The standard InChI is InChI=1S/C21H26FN3O.C2H4/c22-17-9-7-16(8-10-17)21(26)6-3-13-25-14-11-18(12-15-25)24-20-5-2-1-4-19(20)23;1-2/h1-2,4-5,7-10,18,24H,3,6,11-15,23H2;1-2H2. The summed E-state index contributed by atoms with van der Waals surface area (Å²) in [6.07, 6.45) is 3.48. The van der Waals surface area contributed by atoms with E-state index in [2.05, 4.69) is 23.4 Å². The molecule has 1 aliphatic heterocycles. The van der Waals surface area contributed by atoms with Crippen LogP contribution in [0.5, 0.6) is 0 Å². The lowest BCUT2D eigenvalue weighted by Gasteiger charge is -2.33. The highest BCUT2D eigenvalue weighted by Crippen LogP contribution is 2.22. The number of likely N-dealkylation sites (tertiary alicyclic amines) is 1. The third-order valence-electron chi connectivity index (χ3n) is 4.95. The van der Waals surface area contributed by atoms with Crippen molar-refractivity contribution in [3.63, 3.8) is 0 Å². The molecule has 28 heavy (non-hydrogen) atoms. The van der Waals surface area contributed by atoms with Gasteiger partial charge in [-0.2, -0.15) is 0 Å². The predicted molar refractivity (Wildman–Crippen MR) is 115 cm³/mol. The average molecular weight is 384 g/mol. The third-order valence-corrected chi connectivity index (χ3v) is 4.95. The first kappa shape index (κ1) is 21.6. The molecule has 3 rings (SSSR count). The zero-order valence-electron chi connectivity index (χ0n) is 16.4. The van der Waals surface area contributed by atoms with E-state index < -0.39 is 0 Å². The number of nitrogens with one attached hydrogen (secondary N) is 1. The second-order valence-corrected chi connectivity index (χ2v) is 6.88. The molecule has 4 nitrogen and oxygen atoms in total. The van der Waals surface area contributed by atoms with Gasteiger partial charge in [-0.15, -0.1) is 13.2 Å². The molecule has 5 heteroatoms. The smallest absolute Gasteiger partial charge is 0.162 e. The van der Waals surface area contributed by atoms with E-state index in [1.165, 1.54) is 12.1 Å². The molecule has 150 valence electrons. The number of ketones is 1. The highest BCUT2D eigenvalue weighted by molar-refractivity contribution is 5.95. The Morgan fingerprint density at radius 1 is 1.11 bits per heavy atom. The number of rotatable bonds is 7. The molecule has 2 aromatic rings. The fourth-order valence-electron chi connectivity index (χ4n) is 3.39. The van der Waals surface area contributed by atoms with Gasteiger partial charge in [0, 0.05) is 31.1 Å². The number of hydrogen-bond donors (Lipinski definition) is 2. The first-order valence-corrected chi connectivity index (χ1v) is 9.74. The van der Waals surface area contributed by atoms with Gasteiger partial charge in [0.2, 0.25) is 0 Å². The van der Waals surface area contributed by atoms with Gasteiger partial charge >= 0.3 is 0 Å². The van der Waals surface area contributed by atoms with E-state index in [0.29, 0.717) is 18.0 Å². The fourth-order valence-corrected chi connectivity index (χ4v) is 3.39. The second kappa shape index (κ2) is 11.2. The van der Waals surface area contributed by atoms with E-state index in [0.717, 1.165) is 50.3 Å². The van der Waals surface area contributed by atoms with E-state index in [-0.39, 0.29) is 11.6 Å². The Hall–Kier alpha value is -2.66. The maximum absolute atomic E-state index is 12.9. The second-order valence-electron chi connectivity index (χ2n) is 6.88. The topological polar surface area (TPSA) is 58.4 Å². The summed E-state index contributed by atoms with van der Waals surface area (Å²) in [4.78, 5) is 14.5. The molecule has 2 aromatic carbocycles. The Morgan fingerprint density at radius 3 is 2.39 bits per heavy atom. The summed E-state index contributed by atoms with van der Waals surface area (Å²) in [5.41, 5.74) is 8.38. The molecule has 1 heterocycles. The van der Waals surface area contributed by atoms with Crippen molar-refractivity contribution in [2.75, 3.05) is 30.7 Å². The van der Waals surface area contributed by atoms with Crippen LogP contribution in [0.4, 0.5) is 15.8 Å². The predicted octanol–water partition coefficient (Wildman–Crippen LogP) is 4.75. The van der Waals surface area contributed by atoms with Gasteiger partial charge in [-0.05, 0) is 62.2 Å². The van der Waals surface area contributed by atoms with Crippen molar-refractivity contribution in [3.8, 4) is 0 Å². The summed E-state index contributed by atoms with van der Waals surface area (Å²) in [6.45, 7) is 8.97. The first-order chi connectivity index (χ1) is 13.6. The van der Waals surface area contributed by atoms with Crippen LogP contribution in [0.2, 0.25) is 0 Å². The number of piperidine rings is 1. The Balaban J connectivity index is 0.00000136. The quantitative estimate of drug-likeness (QED) is 0.412. The number of para-hydroxylation sites is 2. The highest BCUT2D eigenvalue weighted by Gasteiger charge is 2.19. The molecule has 0 atom stereocenters. The van der Waals surface area contributed by atoms with Crippen LogP contribution in [0, 0.1) is 5.82 Å². The van der Waals surface area contributed by atoms with Crippen molar-refractivity contribution < 1.29 is 9.18 Å². The Labute approximate surface area is 167 Å². The van der Waals surface area contributed by atoms with Gasteiger partial charge in [0.05, 0.1) is 11.4 Å². The molecule has 0 spiro atoms. The zero-order valence-corrected chi connectivity index (χ0v) is 16.4. The monoisotopic (exact) mass is 383 g/mol. The van der Waals surface area contributed by atoms with Crippen LogP contribution >= 0.6 is 0 Å². The van der Waals surface area contributed by atoms with Gasteiger partial charge in [-0.1, -0.05) is 12.1 Å². The summed E-state index contributed by atoms with van der Waals surface area (Å²) in [6, 6.07) is 14.1. The Morgan fingerprint density at radius 2 is 1.75 bits per heavy atom. The first-order valence-electron chi connectivity index (χ1n) is 9.74. The number of benzene rings is 2. The summed E-state index contributed by atoms with van der Waals surface area (Å²) < 4.78 is 12.9. The van der Waals surface area contributed by atoms with Crippen LogP contribution in [0.1, 0.15) is 36.0 Å². The number of nitrogen functional groups attached to an aromatic ring is 1. The van der Waals surface area contributed by atoms with Gasteiger partial charge < -0.3 is 16.0 Å². The van der Waals surface area contributed by atoms with Gasteiger partial charge in [-0.25, -0.2) is 4.39 Å². The highest BCUT2D eigenvalue weighted by atomic mass is 19.1. The lowest BCUT2D eigenvalue weighted by atomic mass is 10.0. The number of Topliss-reactive ketones (excluding diaryl/α,β-unsaturated/α-hetero) is 1. The molecular weight excluding hydrogens is 353 g/mol. The molecule has 0 amide bonds. The van der Waals surface area contributed by atoms with Crippen molar-refractivity contribution in [3.05, 3.63) is 73.1 Å². The molecule has 0 radical (unpaired) electrons. The van der Waals surface area contributed by atoms with Crippen LogP contribution in [-0.4, -0.2) is 36.4 Å². The number of hydrogen-bond acceptors (Lipinski definition) is 4. The number of halogens is 1. The molecule has 3 N–H and O–H groups in total. The van der Waals surface area contributed by atoms with E-state index >= 15 is 0 Å². The lowest BCUT2D eigenvalue weighted by molar-refractivity contribution is 0.0972. The molecule has 1 aliphatic rings. The van der Waals surface area contributed by atoms with Gasteiger partial charge in [0.1, 0.15) is 5.82 Å². The van der Waals surface area contributed by atoms with Gasteiger partial charge in [0.15, 0.2) is 5.78 Å². The molecule has 1 saturated heterocycles. The normalized spacial score (nSPS) is 14.8. The molecule has 0 saturated carbocycles. The van der Waals surface area contributed by atoms with Crippen LogP contribution in [0.25, 0.3) is 0 Å². The van der Waals surface area contributed by atoms with E-state index in [9.17, 15) is 9.18 Å². The maximum Gasteiger partial charge on any atom is 0.162 e. The fraction of sp³-hybridized carbons (Fsp3) is 0.348. The van der Waals surface area contributed by atoms with Crippen molar-refractivity contribution in [1.29, 1.82) is 0 Å². The van der Waals surface area contributed by atoms with Crippen LogP contribution in [-0.2, 0) is 0 Å². The van der Waals surface area contributed by atoms with E-state index in [1.54, 1.807) is 12.1 Å². The van der Waals surface area contributed by atoms with Crippen LogP contribution in [0.3, 0.4) is 0 Å². The van der Waals surface area contributed by atoms with Gasteiger partial charge in [0.25, 0.3) is 0 Å². The summed E-state index contributed by atoms with van der Waals surface area (Å²) in [5, 5.41) is 3.53. The molecule has 0 bridgehead atoms. The number of anilines is 2. The number of nitrogens with two attached hydrogens (primary N) is 1. The van der Waals surface area contributed by atoms with E-state index in [1.807, 2.05) is 24.3 Å². The van der Waals surface area contributed by atoms with Crippen molar-refractivity contribution in [2.45, 2.75) is 31.7 Å². The number of nitrogens with zero attached hydrogens (tertiary/aromatic N) is 1. The maximum atomic E-state index is 12.9. The number of carbonyl (C=O) groups is 1. The largest absolute Gasteiger partial charge is 0.397 e. The van der Waals surface area contributed by atoms with Crippen LogP contribution < -0.4 is 11.1 Å². The summed E-state index contributed by atoms with van der Waals surface area (Å²) >= 11 is 0. The average Bonchev–Trinajstić information content (AvgIpc) is 2.73. The van der Waals surface area contributed by atoms with Crippen molar-refractivity contribution in [2.24, 2.45) is 0 Å². The van der Waals surface area contributed by atoms with Crippen molar-refractivity contribution >= 4 is 17.2 Å². The molecule has 0 aromatic heterocycles. The Bertz CT molecular complexity index is 740. The molecule has 0 aliphatic carbocycles. The number of carbonyl (C=O) groups excluding carboxylic acids is 1. The molecule has 1 fully saturated rings. The lowest BCUT2D eigenvalue weighted by Crippen LogP contribution is -2.39.